The van der Waals surface area contributed by atoms with E-state index in [1.807, 2.05) is 13.0 Å². The molecule has 1 aromatic heterocycles. The van der Waals surface area contributed by atoms with Crippen LogP contribution in [0, 0.1) is 6.92 Å². The van der Waals surface area contributed by atoms with Gasteiger partial charge in [-0.3, -0.25) is 9.59 Å². The zero-order valence-corrected chi connectivity index (χ0v) is 11.7. The van der Waals surface area contributed by atoms with Crippen LogP contribution in [0.5, 0.6) is 0 Å². The van der Waals surface area contributed by atoms with Gasteiger partial charge in [0.05, 0.1) is 15.2 Å². The molecule has 2 amide bonds. The van der Waals surface area contributed by atoms with Crippen molar-refractivity contribution in [3.05, 3.63) is 20.3 Å². The lowest BCUT2D eigenvalue weighted by atomic mass is 10.3. The van der Waals surface area contributed by atoms with Crippen LogP contribution in [0.2, 0.25) is 0 Å². The molecular weight excluding hydrogens is 292 g/mol. The average molecular weight is 305 g/mol. The Bertz CT molecular complexity index is 397. The number of aryl methyl sites for hydroxylation is 1. The van der Waals surface area contributed by atoms with Gasteiger partial charge in [0.25, 0.3) is 5.91 Å². The standard InChI is InChI=1S/C10H13BrN2O2S/c1-6-4-7(16-9(6)11)10(15)13(3)5-8(14)12-2/h4H,5H2,1-3H3,(H,12,14). The van der Waals surface area contributed by atoms with Crippen LogP contribution in [0.3, 0.4) is 0 Å². The summed E-state index contributed by atoms with van der Waals surface area (Å²) in [5.74, 6) is -0.314. The Labute approximate surface area is 107 Å². The Morgan fingerprint density at radius 3 is 2.62 bits per heavy atom. The Morgan fingerprint density at radius 1 is 1.56 bits per heavy atom. The molecule has 16 heavy (non-hydrogen) atoms. The van der Waals surface area contributed by atoms with E-state index in [-0.39, 0.29) is 18.4 Å². The highest BCUT2D eigenvalue weighted by Crippen LogP contribution is 2.27. The van der Waals surface area contributed by atoms with Crippen molar-refractivity contribution in [3.63, 3.8) is 0 Å². The number of nitrogens with zero attached hydrogens (tertiary/aromatic N) is 1. The van der Waals surface area contributed by atoms with Gasteiger partial charge in [-0.05, 0) is 34.5 Å². The fourth-order valence-corrected chi connectivity index (χ4v) is 2.65. The second kappa shape index (κ2) is 5.45. The molecule has 0 saturated carbocycles. The molecule has 0 fully saturated rings. The lowest BCUT2D eigenvalue weighted by molar-refractivity contribution is -0.121. The molecule has 6 heteroatoms. The first-order valence-electron chi connectivity index (χ1n) is 4.67. The monoisotopic (exact) mass is 304 g/mol. The number of carbonyl (C=O) groups excluding carboxylic acids is 2. The van der Waals surface area contributed by atoms with Crippen molar-refractivity contribution < 1.29 is 9.59 Å². The van der Waals surface area contributed by atoms with Crippen molar-refractivity contribution in [2.45, 2.75) is 6.92 Å². The fourth-order valence-electron chi connectivity index (χ4n) is 1.12. The maximum absolute atomic E-state index is 11.9. The number of hydrogen-bond acceptors (Lipinski definition) is 3. The minimum Gasteiger partial charge on any atom is -0.358 e. The third-order valence-electron chi connectivity index (χ3n) is 2.07. The lowest BCUT2D eigenvalue weighted by Gasteiger charge is -2.14. The zero-order chi connectivity index (χ0) is 12.3. The highest BCUT2D eigenvalue weighted by molar-refractivity contribution is 9.11. The largest absolute Gasteiger partial charge is 0.358 e. The van der Waals surface area contributed by atoms with Crippen LogP contribution in [0.15, 0.2) is 9.85 Å². The Hall–Kier alpha value is -0.880. The van der Waals surface area contributed by atoms with Gasteiger partial charge in [0.2, 0.25) is 5.91 Å². The topological polar surface area (TPSA) is 49.4 Å². The van der Waals surface area contributed by atoms with Crippen molar-refractivity contribution in [1.82, 2.24) is 10.2 Å². The first kappa shape index (κ1) is 13.2. The minimum atomic E-state index is -0.178. The molecule has 1 N–H and O–H groups in total. The number of amides is 2. The summed E-state index contributed by atoms with van der Waals surface area (Å²) in [5, 5.41) is 2.48. The molecule has 88 valence electrons. The van der Waals surface area contributed by atoms with Crippen molar-refractivity contribution in [3.8, 4) is 0 Å². The molecule has 0 spiro atoms. The van der Waals surface area contributed by atoms with E-state index in [0.29, 0.717) is 4.88 Å². The zero-order valence-electron chi connectivity index (χ0n) is 9.33. The van der Waals surface area contributed by atoms with Crippen LogP contribution in [-0.4, -0.2) is 37.4 Å². The van der Waals surface area contributed by atoms with Crippen molar-refractivity contribution in [1.29, 1.82) is 0 Å². The number of nitrogens with one attached hydrogen (secondary N) is 1. The molecule has 0 aromatic carbocycles. The number of rotatable bonds is 3. The van der Waals surface area contributed by atoms with Gasteiger partial charge in [-0.15, -0.1) is 11.3 Å². The summed E-state index contributed by atoms with van der Waals surface area (Å²) in [7, 11) is 3.16. The van der Waals surface area contributed by atoms with Crippen LogP contribution < -0.4 is 5.32 Å². The van der Waals surface area contributed by atoms with Crippen LogP contribution >= 0.6 is 27.3 Å². The van der Waals surface area contributed by atoms with Crippen LogP contribution in [-0.2, 0) is 4.79 Å². The number of thiophene rings is 1. The molecule has 0 bridgehead atoms. The van der Waals surface area contributed by atoms with E-state index in [0.717, 1.165) is 9.35 Å². The summed E-state index contributed by atoms with van der Waals surface area (Å²) in [4.78, 5) is 25.1. The summed E-state index contributed by atoms with van der Waals surface area (Å²) in [6.45, 7) is 2.00. The van der Waals surface area contributed by atoms with E-state index in [9.17, 15) is 9.59 Å². The summed E-state index contributed by atoms with van der Waals surface area (Å²) in [6, 6.07) is 1.82. The molecule has 1 rings (SSSR count). The van der Waals surface area contributed by atoms with Gasteiger partial charge in [0.15, 0.2) is 0 Å². The van der Waals surface area contributed by atoms with Crippen LogP contribution in [0.1, 0.15) is 15.2 Å². The Kier molecular flexibility index (Phi) is 4.49. The normalized spacial score (nSPS) is 10.0. The number of likely N-dealkylation sites (N-methyl/N-ethyl adjacent to an activating group) is 2. The van der Waals surface area contributed by atoms with Gasteiger partial charge in [-0.1, -0.05) is 0 Å². The summed E-state index contributed by atoms with van der Waals surface area (Å²) in [6.07, 6.45) is 0. The molecule has 0 aliphatic heterocycles. The molecule has 0 radical (unpaired) electrons. The predicted molar refractivity (Wildman–Crippen MR) is 67.8 cm³/mol. The van der Waals surface area contributed by atoms with E-state index in [1.54, 1.807) is 14.1 Å². The van der Waals surface area contributed by atoms with Crippen LogP contribution in [0.4, 0.5) is 0 Å². The van der Waals surface area contributed by atoms with E-state index < -0.39 is 0 Å². The molecule has 1 aromatic rings. The molecule has 1 heterocycles. The van der Waals surface area contributed by atoms with E-state index in [4.69, 9.17) is 0 Å². The molecule has 0 aliphatic carbocycles. The van der Waals surface area contributed by atoms with Crippen LogP contribution in [0.25, 0.3) is 0 Å². The SMILES string of the molecule is CNC(=O)CN(C)C(=O)c1cc(C)c(Br)s1. The van der Waals surface area contributed by atoms with Crippen molar-refractivity contribution >= 4 is 39.1 Å². The molecule has 0 atom stereocenters. The predicted octanol–water partition coefficient (Wildman–Crippen LogP) is 1.64. The summed E-state index contributed by atoms with van der Waals surface area (Å²) >= 11 is 4.75. The van der Waals surface area contributed by atoms with Gasteiger partial charge < -0.3 is 10.2 Å². The first-order valence-corrected chi connectivity index (χ1v) is 6.28. The quantitative estimate of drug-likeness (QED) is 0.923. The van der Waals surface area contributed by atoms with E-state index >= 15 is 0 Å². The fraction of sp³-hybridized carbons (Fsp3) is 0.400. The minimum absolute atomic E-state index is 0.0733. The van der Waals surface area contributed by atoms with Gasteiger partial charge in [0.1, 0.15) is 0 Å². The smallest absolute Gasteiger partial charge is 0.264 e. The number of halogens is 1. The van der Waals surface area contributed by atoms with Gasteiger partial charge in [0, 0.05) is 14.1 Å². The lowest BCUT2D eigenvalue weighted by Crippen LogP contribution is -2.36. The maximum atomic E-state index is 11.9. The Balaban J connectivity index is 2.74. The van der Waals surface area contributed by atoms with Crippen molar-refractivity contribution in [2.24, 2.45) is 0 Å². The van der Waals surface area contributed by atoms with Crippen molar-refractivity contribution in [2.75, 3.05) is 20.6 Å². The third kappa shape index (κ3) is 3.05. The molecule has 0 unspecified atom stereocenters. The third-order valence-corrected chi connectivity index (χ3v) is 4.20. The second-order valence-corrected chi connectivity index (χ2v) is 5.77. The van der Waals surface area contributed by atoms with E-state index in [2.05, 4.69) is 21.2 Å². The van der Waals surface area contributed by atoms with Gasteiger partial charge in [-0.2, -0.15) is 0 Å². The molecule has 4 nitrogen and oxygen atoms in total. The van der Waals surface area contributed by atoms with Gasteiger partial charge >= 0.3 is 0 Å². The summed E-state index contributed by atoms with van der Waals surface area (Å²) < 4.78 is 0.948. The molecule has 0 aliphatic rings. The molecular formula is C10H13BrN2O2S. The van der Waals surface area contributed by atoms with E-state index in [1.165, 1.54) is 16.2 Å². The summed E-state index contributed by atoms with van der Waals surface area (Å²) in [5.41, 5.74) is 1.03. The molecule has 0 saturated heterocycles. The number of hydrogen-bond donors (Lipinski definition) is 1. The highest BCUT2D eigenvalue weighted by Gasteiger charge is 2.17. The second-order valence-electron chi connectivity index (χ2n) is 3.40. The number of carbonyl (C=O) groups is 2. The first-order chi connectivity index (χ1) is 7.45. The van der Waals surface area contributed by atoms with Gasteiger partial charge in [-0.25, -0.2) is 0 Å². The highest BCUT2D eigenvalue weighted by atomic mass is 79.9. The average Bonchev–Trinajstić information content (AvgIpc) is 2.57. The maximum Gasteiger partial charge on any atom is 0.264 e. The Morgan fingerprint density at radius 2 is 2.19 bits per heavy atom.